The van der Waals surface area contributed by atoms with Crippen LogP contribution in [-0.2, 0) is 11.3 Å². The van der Waals surface area contributed by atoms with E-state index in [1.807, 2.05) is 0 Å². The van der Waals surface area contributed by atoms with E-state index in [1.165, 1.54) is 5.69 Å². The normalized spacial score (nSPS) is 25.0. The Morgan fingerprint density at radius 1 is 1.12 bits per heavy atom. The molecule has 1 aliphatic carbocycles. The van der Waals surface area contributed by atoms with Crippen molar-refractivity contribution >= 4 is 11.6 Å². The zero-order chi connectivity index (χ0) is 17.6. The van der Waals surface area contributed by atoms with E-state index in [2.05, 4.69) is 34.5 Å². The van der Waals surface area contributed by atoms with Crippen LogP contribution in [0.25, 0.3) is 0 Å². The summed E-state index contributed by atoms with van der Waals surface area (Å²) in [5.74, 6) is 0.466. The first kappa shape index (κ1) is 18.2. The fraction of sp³-hybridized carbons (Fsp3) is 0.650. The number of amides is 1. The third kappa shape index (κ3) is 4.95. The Morgan fingerprint density at radius 3 is 2.48 bits per heavy atom. The number of hydrogen-bond donors (Lipinski definition) is 3. The number of carbonyl (C=O) groups is 1. The van der Waals surface area contributed by atoms with Crippen molar-refractivity contribution in [2.75, 3.05) is 24.6 Å². The minimum atomic E-state index is -0.321. The van der Waals surface area contributed by atoms with Gasteiger partial charge in [0.15, 0.2) is 0 Å². The summed E-state index contributed by atoms with van der Waals surface area (Å²) in [4.78, 5) is 14.6. The number of benzene rings is 1. The molecule has 1 aromatic rings. The van der Waals surface area contributed by atoms with Crippen LogP contribution in [0.2, 0.25) is 0 Å². The minimum absolute atomic E-state index is 0.0455. The molecule has 2 fully saturated rings. The van der Waals surface area contributed by atoms with Crippen molar-refractivity contribution in [1.82, 2.24) is 5.32 Å². The van der Waals surface area contributed by atoms with E-state index in [0.717, 1.165) is 50.8 Å². The summed E-state index contributed by atoms with van der Waals surface area (Å²) in [7, 11) is 0. The predicted octanol–water partition coefficient (Wildman–Crippen LogP) is 2.06. The molecule has 1 aromatic carbocycles. The van der Waals surface area contributed by atoms with Crippen LogP contribution in [0.15, 0.2) is 24.3 Å². The van der Waals surface area contributed by atoms with Crippen LogP contribution in [0, 0.1) is 11.8 Å². The van der Waals surface area contributed by atoms with Crippen molar-refractivity contribution in [2.24, 2.45) is 11.8 Å². The fourth-order valence-corrected chi connectivity index (χ4v) is 3.93. The van der Waals surface area contributed by atoms with Crippen molar-refractivity contribution < 1.29 is 15.0 Å². The predicted molar refractivity (Wildman–Crippen MR) is 98.3 cm³/mol. The third-order valence-corrected chi connectivity index (χ3v) is 5.66. The van der Waals surface area contributed by atoms with Crippen LogP contribution >= 0.6 is 0 Å². The van der Waals surface area contributed by atoms with E-state index in [4.69, 9.17) is 0 Å². The molecular weight excluding hydrogens is 316 g/mol. The number of carbonyl (C=O) groups excluding carboxylic acids is 1. The summed E-state index contributed by atoms with van der Waals surface area (Å²) >= 11 is 0. The van der Waals surface area contributed by atoms with Crippen LogP contribution in [0.1, 0.15) is 44.1 Å². The van der Waals surface area contributed by atoms with E-state index in [9.17, 15) is 15.0 Å². The van der Waals surface area contributed by atoms with E-state index in [0.29, 0.717) is 25.5 Å². The van der Waals surface area contributed by atoms with Gasteiger partial charge in [0.05, 0.1) is 6.10 Å². The van der Waals surface area contributed by atoms with Crippen molar-refractivity contribution in [3.05, 3.63) is 29.8 Å². The Bertz CT molecular complexity index is 553. The van der Waals surface area contributed by atoms with Gasteiger partial charge < -0.3 is 20.4 Å². The van der Waals surface area contributed by atoms with Crippen LogP contribution in [-0.4, -0.2) is 41.9 Å². The van der Waals surface area contributed by atoms with Gasteiger partial charge >= 0.3 is 0 Å². The van der Waals surface area contributed by atoms with Gasteiger partial charge in [0.2, 0.25) is 5.91 Å². The lowest BCUT2D eigenvalue weighted by Crippen LogP contribution is -2.35. The summed E-state index contributed by atoms with van der Waals surface area (Å²) in [5, 5.41) is 21.9. The van der Waals surface area contributed by atoms with Crippen LogP contribution < -0.4 is 10.2 Å². The van der Waals surface area contributed by atoms with Gasteiger partial charge in [-0.15, -0.1) is 0 Å². The van der Waals surface area contributed by atoms with E-state index < -0.39 is 0 Å². The van der Waals surface area contributed by atoms with Crippen LogP contribution in [0.3, 0.4) is 0 Å². The first-order valence-electron chi connectivity index (χ1n) is 9.56. The fourth-order valence-electron chi connectivity index (χ4n) is 3.93. The summed E-state index contributed by atoms with van der Waals surface area (Å²) in [6.45, 7) is 2.82. The number of nitrogens with zero attached hydrogens (tertiary/aromatic N) is 1. The maximum absolute atomic E-state index is 12.2. The first-order valence-corrected chi connectivity index (χ1v) is 9.56. The van der Waals surface area contributed by atoms with Crippen molar-refractivity contribution in [2.45, 2.75) is 51.2 Å². The Kier molecular flexibility index (Phi) is 6.32. The Balaban J connectivity index is 1.47. The smallest absolute Gasteiger partial charge is 0.223 e. The third-order valence-electron chi connectivity index (χ3n) is 5.66. The molecule has 0 radical (unpaired) electrons. The maximum Gasteiger partial charge on any atom is 0.223 e. The second kappa shape index (κ2) is 8.68. The highest BCUT2D eigenvalue weighted by Crippen LogP contribution is 2.25. The van der Waals surface area contributed by atoms with Gasteiger partial charge in [-0.2, -0.15) is 0 Å². The lowest BCUT2D eigenvalue weighted by Gasteiger charge is -2.33. The molecule has 2 aliphatic rings. The number of aliphatic hydroxyl groups is 2. The first-order chi connectivity index (χ1) is 12.2. The van der Waals surface area contributed by atoms with Gasteiger partial charge in [0, 0.05) is 37.8 Å². The standard InChI is InChI=1S/C20H30N2O3/c23-14-16-8-10-22(11-9-16)18-6-4-15(5-7-18)13-21-20(25)17-2-1-3-19(24)12-17/h4-7,16-17,19,23-24H,1-3,8-14H2,(H,21,25)/t17-,19-/m0/s1. The second-order valence-electron chi connectivity index (χ2n) is 7.51. The molecule has 0 unspecified atom stereocenters. The van der Waals surface area contributed by atoms with E-state index in [1.54, 1.807) is 0 Å². The van der Waals surface area contributed by atoms with Crippen molar-refractivity contribution in [3.8, 4) is 0 Å². The quantitative estimate of drug-likeness (QED) is 0.763. The van der Waals surface area contributed by atoms with Gasteiger partial charge in [-0.05, 0) is 55.7 Å². The topological polar surface area (TPSA) is 72.8 Å². The van der Waals surface area contributed by atoms with Gasteiger partial charge in [-0.1, -0.05) is 18.6 Å². The molecule has 1 heterocycles. The molecule has 2 atom stereocenters. The highest BCUT2D eigenvalue weighted by atomic mass is 16.3. The van der Waals surface area contributed by atoms with Crippen molar-refractivity contribution in [1.29, 1.82) is 0 Å². The lowest BCUT2D eigenvalue weighted by molar-refractivity contribution is -0.127. The highest BCUT2D eigenvalue weighted by Gasteiger charge is 2.25. The average molecular weight is 346 g/mol. The maximum atomic E-state index is 12.2. The largest absolute Gasteiger partial charge is 0.396 e. The summed E-state index contributed by atoms with van der Waals surface area (Å²) in [5.41, 5.74) is 2.31. The summed E-state index contributed by atoms with van der Waals surface area (Å²) in [6, 6.07) is 8.38. The molecule has 0 spiro atoms. The molecule has 138 valence electrons. The van der Waals surface area contributed by atoms with Gasteiger partial charge in [-0.25, -0.2) is 0 Å². The molecule has 5 nitrogen and oxygen atoms in total. The number of aliphatic hydroxyl groups excluding tert-OH is 2. The van der Waals surface area contributed by atoms with Crippen LogP contribution in [0.4, 0.5) is 5.69 Å². The Hall–Kier alpha value is -1.59. The van der Waals surface area contributed by atoms with Gasteiger partial charge in [0.25, 0.3) is 0 Å². The molecular formula is C20H30N2O3. The van der Waals surface area contributed by atoms with Crippen LogP contribution in [0.5, 0.6) is 0 Å². The number of nitrogens with one attached hydrogen (secondary N) is 1. The number of hydrogen-bond acceptors (Lipinski definition) is 4. The molecule has 1 saturated carbocycles. The second-order valence-corrected chi connectivity index (χ2v) is 7.51. The molecule has 3 rings (SSSR count). The highest BCUT2D eigenvalue weighted by molar-refractivity contribution is 5.78. The molecule has 1 aliphatic heterocycles. The number of rotatable bonds is 5. The molecule has 25 heavy (non-hydrogen) atoms. The molecule has 1 amide bonds. The molecule has 0 aromatic heterocycles. The molecule has 1 saturated heterocycles. The van der Waals surface area contributed by atoms with E-state index >= 15 is 0 Å². The van der Waals surface area contributed by atoms with Gasteiger partial charge in [0.1, 0.15) is 0 Å². The minimum Gasteiger partial charge on any atom is -0.396 e. The Labute approximate surface area is 150 Å². The molecule has 3 N–H and O–H groups in total. The monoisotopic (exact) mass is 346 g/mol. The number of piperidine rings is 1. The molecule has 5 heteroatoms. The van der Waals surface area contributed by atoms with Gasteiger partial charge in [-0.3, -0.25) is 4.79 Å². The van der Waals surface area contributed by atoms with E-state index in [-0.39, 0.29) is 17.9 Å². The van der Waals surface area contributed by atoms with Crippen molar-refractivity contribution in [3.63, 3.8) is 0 Å². The summed E-state index contributed by atoms with van der Waals surface area (Å²) in [6.07, 6.45) is 4.99. The average Bonchev–Trinajstić information content (AvgIpc) is 2.66. The summed E-state index contributed by atoms with van der Waals surface area (Å²) < 4.78 is 0. The number of anilines is 1. The zero-order valence-electron chi connectivity index (χ0n) is 14.9. The Morgan fingerprint density at radius 2 is 1.84 bits per heavy atom. The zero-order valence-corrected chi connectivity index (χ0v) is 14.9. The SMILES string of the molecule is O=C(NCc1ccc(N2CCC(CO)CC2)cc1)[C@H]1CCC[C@H](O)C1. The molecule has 0 bridgehead atoms. The lowest BCUT2D eigenvalue weighted by atomic mass is 9.86.